The molecule has 1 fully saturated rings. The van der Waals surface area contributed by atoms with Gasteiger partial charge in [-0.3, -0.25) is 0 Å². The average molecular weight is 278 g/mol. The van der Waals surface area contributed by atoms with E-state index in [0.717, 1.165) is 18.2 Å². The molecule has 1 heterocycles. The molecule has 0 aliphatic carbocycles. The van der Waals surface area contributed by atoms with Crippen LogP contribution in [0.3, 0.4) is 0 Å². The van der Waals surface area contributed by atoms with Crippen LogP contribution in [-0.4, -0.2) is 35.5 Å². The molecule has 0 saturated carbocycles. The minimum atomic E-state index is 0.177. The predicted molar refractivity (Wildman–Crippen MR) is 85.7 cm³/mol. The molecule has 2 atom stereocenters. The lowest BCUT2D eigenvalue weighted by molar-refractivity contribution is 0.270. The number of rotatable bonds is 5. The Bertz CT molecular complexity index is 394. The third-order valence-corrected chi connectivity index (χ3v) is 5.39. The number of aryl methyl sites for hydroxylation is 1. The zero-order valence-corrected chi connectivity index (χ0v) is 13.0. The van der Waals surface area contributed by atoms with Crippen LogP contribution >= 0.6 is 11.8 Å². The zero-order chi connectivity index (χ0) is 13.7. The van der Waals surface area contributed by atoms with E-state index in [1.807, 2.05) is 0 Å². The van der Waals surface area contributed by atoms with Gasteiger partial charge in [0.15, 0.2) is 0 Å². The van der Waals surface area contributed by atoms with Crippen molar-refractivity contribution < 1.29 is 0 Å². The first-order chi connectivity index (χ1) is 9.20. The molecule has 2 N–H and O–H groups in total. The van der Waals surface area contributed by atoms with Crippen molar-refractivity contribution in [3.05, 3.63) is 35.4 Å². The largest absolute Gasteiger partial charge is 0.324 e. The van der Waals surface area contributed by atoms with Gasteiger partial charge in [-0.1, -0.05) is 31.2 Å². The maximum atomic E-state index is 6.35. The second kappa shape index (κ2) is 7.32. The highest BCUT2D eigenvalue weighted by molar-refractivity contribution is 8.00. The Labute approximate surface area is 121 Å². The highest BCUT2D eigenvalue weighted by atomic mass is 32.2. The Morgan fingerprint density at radius 3 is 2.95 bits per heavy atom. The number of benzene rings is 1. The van der Waals surface area contributed by atoms with Crippen LogP contribution in [0.5, 0.6) is 0 Å². The van der Waals surface area contributed by atoms with Gasteiger partial charge in [-0.25, -0.2) is 0 Å². The van der Waals surface area contributed by atoms with Crippen molar-refractivity contribution in [3.8, 4) is 0 Å². The summed E-state index contributed by atoms with van der Waals surface area (Å²) in [7, 11) is 0. The maximum absolute atomic E-state index is 6.35. The van der Waals surface area contributed by atoms with Crippen molar-refractivity contribution in [2.75, 3.05) is 25.4 Å². The Morgan fingerprint density at radius 2 is 2.21 bits per heavy atom. The highest BCUT2D eigenvalue weighted by Crippen LogP contribution is 2.23. The molecule has 0 aromatic heterocycles. The molecule has 0 spiro atoms. The van der Waals surface area contributed by atoms with Crippen molar-refractivity contribution in [1.29, 1.82) is 0 Å². The molecule has 2 unspecified atom stereocenters. The van der Waals surface area contributed by atoms with E-state index in [9.17, 15) is 0 Å². The van der Waals surface area contributed by atoms with Crippen LogP contribution in [0.25, 0.3) is 0 Å². The molecular formula is C16H26N2S. The summed E-state index contributed by atoms with van der Waals surface area (Å²) < 4.78 is 0. The van der Waals surface area contributed by atoms with Crippen molar-refractivity contribution in [2.24, 2.45) is 5.73 Å². The molecule has 2 rings (SSSR count). The lowest BCUT2D eigenvalue weighted by atomic mass is 9.99. The normalized spacial score (nSPS) is 22.4. The van der Waals surface area contributed by atoms with E-state index < -0.39 is 0 Å². The molecule has 1 aromatic carbocycles. The van der Waals surface area contributed by atoms with Gasteiger partial charge >= 0.3 is 0 Å². The fraction of sp³-hybridized carbons (Fsp3) is 0.625. The van der Waals surface area contributed by atoms with Gasteiger partial charge < -0.3 is 10.6 Å². The second-order valence-electron chi connectivity index (χ2n) is 5.45. The first-order valence-corrected chi connectivity index (χ1v) is 8.40. The van der Waals surface area contributed by atoms with Crippen LogP contribution in [0.2, 0.25) is 0 Å². The molecule has 0 amide bonds. The average Bonchev–Trinajstić information content (AvgIpc) is 2.45. The fourth-order valence-electron chi connectivity index (χ4n) is 2.71. The lowest BCUT2D eigenvalue weighted by Gasteiger charge is -2.32. The van der Waals surface area contributed by atoms with Crippen molar-refractivity contribution >= 4 is 11.8 Å². The summed E-state index contributed by atoms with van der Waals surface area (Å²) in [5.74, 6) is 1.28. The summed E-state index contributed by atoms with van der Waals surface area (Å²) in [6.45, 7) is 8.04. The van der Waals surface area contributed by atoms with Crippen LogP contribution in [0.15, 0.2) is 24.3 Å². The van der Waals surface area contributed by atoms with E-state index in [2.05, 4.69) is 54.8 Å². The zero-order valence-electron chi connectivity index (χ0n) is 12.1. The Hall–Kier alpha value is -0.510. The Kier molecular flexibility index (Phi) is 5.74. The van der Waals surface area contributed by atoms with Crippen LogP contribution in [0.4, 0.5) is 0 Å². The van der Waals surface area contributed by atoms with E-state index in [1.54, 1.807) is 0 Å². The molecule has 0 bridgehead atoms. The van der Waals surface area contributed by atoms with E-state index >= 15 is 0 Å². The standard InChI is InChI=1S/C16H26N2S/c1-3-14-12-18(10-11-19-14)9-8-16(17)15-7-5-4-6-13(15)2/h4-7,14,16H,3,8-12,17H2,1-2H3. The fourth-order valence-corrected chi connectivity index (χ4v) is 3.96. The second-order valence-corrected chi connectivity index (χ2v) is 6.86. The summed E-state index contributed by atoms with van der Waals surface area (Å²) in [6, 6.07) is 8.67. The summed E-state index contributed by atoms with van der Waals surface area (Å²) in [5.41, 5.74) is 8.97. The molecular weight excluding hydrogens is 252 g/mol. The van der Waals surface area contributed by atoms with Crippen molar-refractivity contribution in [1.82, 2.24) is 4.90 Å². The van der Waals surface area contributed by atoms with Gasteiger partial charge in [-0.15, -0.1) is 0 Å². The summed E-state index contributed by atoms with van der Waals surface area (Å²) in [5, 5.41) is 0.823. The predicted octanol–water partition coefficient (Wildman–Crippen LogP) is 3.21. The minimum Gasteiger partial charge on any atom is -0.324 e. The smallest absolute Gasteiger partial charge is 0.0309 e. The monoisotopic (exact) mass is 278 g/mol. The summed E-state index contributed by atoms with van der Waals surface area (Å²) in [4.78, 5) is 2.59. The number of hydrogen-bond acceptors (Lipinski definition) is 3. The van der Waals surface area contributed by atoms with Crippen LogP contribution in [0, 0.1) is 6.92 Å². The Morgan fingerprint density at radius 1 is 1.42 bits per heavy atom. The molecule has 0 radical (unpaired) electrons. The van der Waals surface area contributed by atoms with Crippen LogP contribution in [-0.2, 0) is 0 Å². The molecule has 19 heavy (non-hydrogen) atoms. The first-order valence-electron chi connectivity index (χ1n) is 7.35. The van der Waals surface area contributed by atoms with Gasteiger partial charge in [-0.05, 0) is 30.9 Å². The van der Waals surface area contributed by atoms with Gasteiger partial charge in [0, 0.05) is 36.7 Å². The number of nitrogens with zero attached hydrogens (tertiary/aromatic N) is 1. The van der Waals surface area contributed by atoms with Crippen LogP contribution in [0.1, 0.15) is 36.9 Å². The molecule has 1 aliphatic heterocycles. The molecule has 3 heteroatoms. The quantitative estimate of drug-likeness (QED) is 0.897. The van der Waals surface area contributed by atoms with Gasteiger partial charge in [0.1, 0.15) is 0 Å². The molecule has 1 saturated heterocycles. The first kappa shape index (κ1) is 14.9. The number of hydrogen-bond donors (Lipinski definition) is 1. The summed E-state index contributed by atoms with van der Waals surface area (Å²) in [6.07, 6.45) is 2.34. The van der Waals surface area contributed by atoms with E-state index in [4.69, 9.17) is 5.73 Å². The highest BCUT2D eigenvalue weighted by Gasteiger charge is 2.19. The number of nitrogens with two attached hydrogens (primary N) is 1. The third kappa shape index (κ3) is 4.23. The summed E-state index contributed by atoms with van der Waals surface area (Å²) >= 11 is 2.13. The van der Waals surface area contributed by atoms with Gasteiger partial charge in [-0.2, -0.15) is 11.8 Å². The number of thioether (sulfide) groups is 1. The van der Waals surface area contributed by atoms with E-state index in [1.165, 1.54) is 36.4 Å². The van der Waals surface area contributed by atoms with Gasteiger partial charge in [0.05, 0.1) is 0 Å². The lowest BCUT2D eigenvalue weighted by Crippen LogP contribution is -2.39. The molecule has 2 nitrogen and oxygen atoms in total. The van der Waals surface area contributed by atoms with Crippen molar-refractivity contribution in [3.63, 3.8) is 0 Å². The molecule has 1 aliphatic rings. The van der Waals surface area contributed by atoms with E-state index in [0.29, 0.717) is 0 Å². The molecule has 106 valence electrons. The molecule has 1 aromatic rings. The van der Waals surface area contributed by atoms with E-state index in [-0.39, 0.29) is 6.04 Å². The Balaban J connectivity index is 1.83. The van der Waals surface area contributed by atoms with Gasteiger partial charge in [0.25, 0.3) is 0 Å². The van der Waals surface area contributed by atoms with Gasteiger partial charge in [0.2, 0.25) is 0 Å². The topological polar surface area (TPSA) is 29.3 Å². The minimum absolute atomic E-state index is 0.177. The van der Waals surface area contributed by atoms with Crippen molar-refractivity contribution in [2.45, 2.75) is 38.0 Å². The maximum Gasteiger partial charge on any atom is 0.0309 e. The third-order valence-electron chi connectivity index (χ3n) is 4.02. The van der Waals surface area contributed by atoms with Crippen LogP contribution < -0.4 is 5.73 Å². The SMILES string of the molecule is CCC1CN(CCC(N)c2ccccc2C)CCS1.